The topological polar surface area (TPSA) is 21.3 Å². The van der Waals surface area contributed by atoms with Gasteiger partial charge in [0.25, 0.3) is 0 Å². The maximum Gasteiger partial charge on any atom is 0.0718 e. The Bertz CT molecular complexity index is 528. The Morgan fingerprint density at radius 2 is 1.95 bits per heavy atom. The standard InChI is InChI=1S/C16H18ClNO/c1-13-5-2-3-8-16(13)18-9-10-19-12-14-6-4-7-15(17)11-14/h2-8,11,18H,9-10,12H2,1H3. The Morgan fingerprint density at radius 1 is 1.11 bits per heavy atom. The van der Waals surface area contributed by atoms with E-state index in [1.165, 1.54) is 5.56 Å². The van der Waals surface area contributed by atoms with E-state index in [0.29, 0.717) is 13.2 Å². The van der Waals surface area contributed by atoms with Crippen molar-refractivity contribution in [2.45, 2.75) is 13.5 Å². The number of halogens is 1. The molecule has 0 radical (unpaired) electrons. The highest BCUT2D eigenvalue weighted by Gasteiger charge is 1.97. The zero-order chi connectivity index (χ0) is 13.5. The fraction of sp³-hybridized carbons (Fsp3) is 0.250. The van der Waals surface area contributed by atoms with Gasteiger partial charge >= 0.3 is 0 Å². The van der Waals surface area contributed by atoms with Crippen molar-refractivity contribution in [1.82, 2.24) is 0 Å². The average Bonchev–Trinajstić information content (AvgIpc) is 2.40. The number of nitrogens with one attached hydrogen (secondary N) is 1. The van der Waals surface area contributed by atoms with Crippen LogP contribution in [0.3, 0.4) is 0 Å². The average molecular weight is 276 g/mol. The first-order valence-electron chi connectivity index (χ1n) is 6.37. The van der Waals surface area contributed by atoms with E-state index in [1.54, 1.807) is 0 Å². The third-order valence-electron chi connectivity index (χ3n) is 2.86. The minimum absolute atomic E-state index is 0.593. The van der Waals surface area contributed by atoms with Gasteiger partial charge in [-0.05, 0) is 36.2 Å². The van der Waals surface area contributed by atoms with E-state index in [0.717, 1.165) is 22.8 Å². The van der Waals surface area contributed by atoms with E-state index in [9.17, 15) is 0 Å². The summed E-state index contributed by atoms with van der Waals surface area (Å²) in [6, 6.07) is 16.0. The molecule has 0 heterocycles. The highest BCUT2D eigenvalue weighted by molar-refractivity contribution is 6.30. The van der Waals surface area contributed by atoms with Crippen LogP contribution in [0.4, 0.5) is 5.69 Å². The molecule has 0 atom stereocenters. The number of para-hydroxylation sites is 1. The van der Waals surface area contributed by atoms with Crippen LogP contribution in [-0.2, 0) is 11.3 Å². The molecular weight excluding hydrogens is 258 g/mol. The molecule has 0 spiro atoms. The number of hydrogen-bond donors (Lipinski definition) is 1. The summed E-state index contributed by atoms with van der Waals surface area (Å²) in [5, 5.41) is 4.11. The Morgan fingerprint density at radius 3 is 2.74 bits per heavy atom. The first kappa shape index (κ1) is 13.9. The summed E-state index contributed by atoms with van der Waals surface area (Å²) in [6.07, 6.45) is 0. The van der Waals surface area contributed by atoms with Gasteiger partial charge < -0.3 is 10.1 Å². The van der Waals surface area contributed by atoms with E-state index < -0.39 is 0 Å². The lowest BCUT2D eigenvalue weighted by Crippen LogP contribution is -2.10. The van der Waals surface area contributed by atoms with Crippen LogP contribution in [0.5, 0.6) is 0 Å². The van der Waals surface area contributed by atoms with Gasteiger partial charge in [0.2, 0.25) is 0 Å². The number of ether oxygens (including phenoxy) is 1. The van der Waals surface area contributed by atoms with Gasteiger partial charge in [0.15, 0.2) is 0 Å². The van der Waals surface area contributed by atoms with Gasteiger partial charge in [-0.25, -0.2) is 0 Å². The fourth-order valence-electron chi connectivity index (χ4n) is 1.85. The van der Waals surface area contributed by atoms with E-state index in [1.807, 2.05) is 36.4 Å². The number of hydrogen-bond acceptors (Lipinski definition) is 2. The molecule has 2 rings (SSSR count). The predicted molar refractivity (Wildman–Crippen MR) is 80.8 cm³/mol. The van der Waals surface area contributed by atoms with E-state index in [2.05, 4.69) is 24.4 Å². The first-order valence-corrected chi connectivity index (χ1v) is 6.75. The zero-order valence-corrected chi connectivity index (χ0v) is 11.8. The molecule has 0 bridgehead atoms. The summed E-state index contributed by atoms with van der Waals surface area (Å²) in [6.45, 7) is 4.15. The van der Waals surface area contributed by atoms with Crippen LogP contribution < -0.4 is 5.32 Å². The molecule has 0 saturated carbocycles. The molecule has 2 nitrogen and oxygen atoms in total. The van der Waals surface area contributed by atoms with Gasteiger partial charge in [-0.2, -0.15) is 0 Å². The molecular formula is C16H18ClNO. The van der Waals surface area contributed by atoms with E-state index in [4.69, 9.17) is 16.3 Å². The molecule has 0 saturated heterocycles. The second kappa shape index (κ2) is 7.17. The van der Waals surface area contributed by atoms with Crippen molar-refractivity contribution in [2.24, 2.45) is 0 Å². The molecule has 0 unspecified atom stereocenters. The maximum atomic E-state index is 5.91. The van der Waals surface area contributed by atoms with Gasteiger partial charge in [-0.15, -0.1) is 0 Å². The highest BCUT2D eigenvalue weighted by Crippen LogP contribution is 2.13. The van der Waals surface area contributed by atoms with E-state index >= 15 is 0 Å². The predicted octanol–water partition coefficient (Wildman–Crippen LogP) is 4.28. The minimum atomic E-state index is 0.593. The number of benzene rings is 2. The Hall–Kier alpha value is -1.51. The van der Waals surface area contributed by atoms with Gasteiger partial charge in [0, 0.05) is 17.3 Å². The van der Waals surface area contributed by atoms with Crippen LogP contribution in [0.15, 0.2) is 48.5 Å². The lowest BCUT2D eigenvalue weighted by Gasteiger charge is -2.09. The molecule has 0 fully saturated rings. The fourth-order valence-corrected chi connectivity index (χ4v) is 2.06. The largest absolute Gasteiger partial charge is 0.383 e. The summed E-state index contributed by atoms with van der Waals surface area (Å²) in [7, 11) is 0. The monoisotopic (exact) mass is 275 g/mol. The Balaban J connectivity index is 1.69. The van der Waals surface area contributed by atoms with Crippen molar-refractivity contribution in [3.63, 3.8) is 0 Å². The van der Waals surface area contributed by atoms with Crippen molar-refractivity contribution >= 4 is 17.3 Å². The quantitative estimate of drug-likeness (QED) is 0.795. The lowest BCUT2D eigenvalue weighted by molar-refractivity contribution is 0.130. The molecule has 1 N–H and O–H groups in total. The number of anilines is 1. The summed E-state index contributed by atoms with van der Waals surface area (Å²) >= 11 is 5.91. The molecule has 3 heteroatoms. The van der Waals surface area contributed by atoms with Gasteiger partial charge in [-0.3, -0.25) is 0 Å². The van der Waals surface area contributed by atoms with Crippen LogP contribution >= 0.6 is 11.6 Å². The van der Waals surface area contributed by atoms with Crippen molar-refractivity contribution in [2.75, 3.05) is 18.5 Å². The van der Waals surface area contributed by atoms with Crippen LogP contribution in [-0.4, -0.2) is 13.2 Å². The highest BCUT2D eigenvalue weighted by atomic mass is 35.5. The second-order valence-corrected chi connectivity index (χ2v) is 4.86. The van der Waals surface area contributed by atoms with Crippen LogP contribution in [0.2, 0.25) is 5.02 Å². The van der Waals surface area contributed by atoms with Gasteiger partial charge in [0.05, 0.1) is 13.2 Å². The van der Waals surface area contributed by atoms with Crippen molar-refractivity contribution in [3.8, 4) is 0 Å². The van der Waals surface area contributed by atoms with Crippen molar-refractivity contribution in [1.29, 1.82) is 0 Å². The number of rotatable bonds is 6. The molecule has 0 aliphatic carbocycles. The normalized spacial score (nSPS) is 10.4. The van der Waals surface area contributed by atoms with Crippen molar-refractivity contribution < 1.29 is 4.74 Å². The molecule has 0 aromatic heterocycles. The maximum absolute atomic E-state index is 5.91. The summed E-state index contributed by atoms with van der Waals surface area (Å²) in [4.78, 5) is 0. The summed E-state index contributed by atoms with van der Waals surface area (Å²) < 4.78 is 5.62. The summed E-state index contributed by atoms with van der Waals surface area (Å²) in [5.41, 5.74) is 3.51. The lowest BCUT2D eigenvalue weighted by atomic mass is 10.2. The first-order chi connectivity index (χ1) is 9.25. The Kier molecular flexibility index (Phi) is 5.25. The number of aryl methyl sites for hydroxylation is 1. The molecule has 0 amide bonds. The van der Waals surface area contributed by atoms with E-state index in [-0.39, 0.29) is 0 Å². The molecule has 2 aromatic carbocycles. The zero-order valence-electron chi connectivity index (χ0n) is 11.0. The van der Waals surface area contributed by atoms with Crippen LogP contribution in [0, 0.1) is 6.92 Å². The third kappa shape index (κ3) is 4.58. The molecule has 0 aliphatic rings. The molecule has 100 valence electrons. The van der Waals surface area contributed by atoms with Gasteiger partial charge in [-0.1, -0.05) is 41.9 Å². The minimum Gasteiger partial charge on any atom is -0.383 e. The molecule has 19 heavy (non-hydrogen) atoms. The van der Waals surface area contributed by atoms with Crippen molar-refractivity contribution in [3.05, 3.63) is 64.7 Å². The van der Waals surface area contributed by atoms with Crippen LogP contribution in [0.25, 0.3) is 0 Å². The smallest absolute Gasteiger partial charge is 0.0718 e. The Labute approximate surface area is 119 Å². The third-order valence-corrected chi connectivity index (χ3v) is 3.10. The molecule has 2 aromatic rings. The summed E-state index contributed by atoms with van der Waals surface area (Å²) in [5.74, 6) is 0. The van der Waals surface area contributed by atoms with Gasteiger partial charge in [0.1, 0.15) is 0 Å². The molecule has 0 aliphatic heterocycles. The second-order valence-electron chi connectivity index (χ2n) is 4.42. The SMILES string of the molecule is Cc1ccccc1NCCOCc1cccc(Cl)c1. The van der Waals surface area contributed by atoms with Crippen LogP contribution in [0.1, 0.15) is 11.1 Å².